The van der Waals surface area contributed by atoms with E-state index in [2.05, 4.69) is 24.3 Å². The quantitative estimate of drug-likeness (QED) is 0.454. The van der Waals surface area contributed by atoms with E-state index in [4.69, 9.17) is 0 Å². The molecule has 0 radical (unpaired) electrons. The van der Waals surface area contributed by atoms with Gasteiger partial charge < -0.3 is 0 Å². The molecule has 0 aromatic carbocycles. The summed E-state index contributed by atoms with van der Waals surface area (Å²) in [5, 5.41) is 0. The summed E-state index contributed by atoms with van der Waals surface area (Å²) in [5.74, 6) is 1.83. The topological polar surface area (TPSA) is 0 Å². The third-order valence-electron chi connectivity index (χ3n) is 2.66. The third kappa shape index (κ3) is 0.309. The summed E-state index contributed by atoms with van der Waals surface area (Å²) in [5.41, 5.74) is 3.24. The Kier molecular flexibility index (Phi) is 0.484. The summed E-state index contributed by atoms with van der Waals surface area (Å²) in [6, 6.07) is 0. The van der Waals surface area contributed by atoms with E-state index in [0.717, 1.165) is 11.8 Å². The number of allylic oxidation sites excluding steroid dienone is 6. The van der Waals surface area contributed by atoms with Gasteiger partial charge in [-0.1, -0.05) is 29.9 Å². The second-order valence-corrected chi connectivity index (χ2v) is 3.11. The highest BCUT2D eigenvalue weighted by molar-refractivity contribution is 5.51. The Hall–Kier alpha value is -0.780. The second kappa shape index (κ2) is 1.06. The molecule has 3 rings (SSSR count). The van der Waals surface area contributed by atoms with Crippen molar-refractivity contribution in [3.8, 4) is 0 Å². The standard InChI is InChI=1S/C9H8/c1-2-6-4-8-5-7(3-1)9(6)8/h1-4,8-9H,5H2. The van der Waals surface area contributed by atoms with Crippen LogP contribution in [-0.4, -0.2) is 0 Å². The van der Waals surface area contributed by atoms with Crippen LogP contribution in [0, 0.1) is 11.8 Å². The Balaban J connectivity index is 2.23. The van der Waals surface area contributed by atoms with Crippen LogP contribution in [-0.2, 0) is 0 Å². The van der Waals surface area contributed by atoms with Gasteiger partial charge in [-0.05, 0) is 17.9 Å². The van der Waals surface area contributed by atoms with E-state index >= 15 is 0 Å². The highest BCUT2D eigenvalue weighted by atomic mass is 14.5. The molecular weight excluding hydrogens is 108 g/mol. The zero-order valence-electron chi connectivity index (χ0n) is 5.17. The molecule has 9 heavy (non-hydrogen) atoms. The lowest BCUT2D eigenvalue weighted by atomic mass is 9.56. The molecule has 2 atom stereocenters. The fourth-order valence-corrected chi connectivity index (χ4v) is 2.09. The van der Waals surface area contributed by atoms with Gasteiger partial charge in [-0.2, -0.15) is 0 Å². The molecule has 2 unspecified atom stereocenters. The van der Waals surface area contributed by atoms with Gasteiger partial charge in [-0.3, -0.25) is 0 Å². The van der Waals surface area contributed by atoms with Gasteiger partial charge in [0.2, 0.25) is 0 Å². The van der Waals surface area contributed by atoms with E-state index in [0.29, 0.717) is 0 Å². The maximum atomic E-state index is 2.40. The van der Waals surface area contributed by atoms with Crippen molar-refractivity contribution in [1.29, 1.82) is 0 Å². The fourth-order valence-electron chi connectivity index (χ4n) is 2.09. The van der Waals surface area contributed by atoms with Gasteiger partial charge in [0.05, 0.1) is 0 Å². The smallest absolute Gasteiger partial charge is 0.0115 e. The van der Waals surface area contributed by atoms with Crippen LogP contribution in [0.1, 0.15) is 6.42 Å². The molecule has 0 aromatic rings. The Bertz CT molecular complexity index is 250. The van der Waals surface area contributed by atoms with Crippen LogP contribution < -0.4 is 0 Å². The van der Waals surface area contributed by atoms with Crippen molar-refractivity contribution in [2.75, 3.05) is 0 Å². The molecule has 1 fully saturated rings. The van der Waals surface area contributed by atoms with Crippen molar-refractivity contribution < 1.29 is 0 Å². The monoisotopic (exact) mass is 116 g/mol. The van der Waals surface area contributed by atoms with Gasteiger partial charge >= 0.3 is 0 Å². The minimum atomic E-state index is 0.884. The normalized spacial score (nSPS) is 41.8. The van der Waals surface area contributed by atoms with E-state index in [1.165, 1.54) is 6.42 Å². The maximum Gasteiger partial charge on any atom is 0.0115 e. The summed E-state index contributed by atoms with van der Waals surface area (Å²) < 4.78 is 0. The molecule has 0 bridgehead atoms. The van der Waals surface area contributed by atoms with Gasteiger partial charge in [-0.25, -0.2) is 0 Å². The summed E-state index contributed by atoms with van der Waals surface area (Å²) in [4.78, 5) is 0. The first kappa shape index (κ1) is 4.10. The average Bonchev–Trinajstić information content (AvgIpc) is 1.73. The molecule has 0 aromatic heterocycles. The van der Waals surface area contributed by atoms with Gasteiger partial charge in [0, 0.05) is 5.92 Å². The van der Waals surface area contributed by atoms with Crippen LogP contribution in [0.4, 0.5) is 0 Å². The van der Waals surface area contributed by atoms with Gasteiger partial charge in [0.15, 0.2) is 0 Å². The Morgan fingerprint density at radius 2 is 2.44 bits per heavy atom. The van der Waals surface area contributed by atoms with E-state index in [9.17, 15) is 0 Å². The van der Waals surface area contributed by atoms with Crippen molar-refractivity contribution >= 4 is 0 Å². The molecule has 44 valence electrons. The third-order valence-corrected chi connectivity index (χ3v) is 2.66. The second-order valence-electron chi connectivity index (χ2n) is 3.11. The summed E-state index contributed by atoms with van der Waals surface area (Å²) in [6.07, 6.45) is 10.4. The summed E-state index contributed by atoms with van der Waals surface area (Å²) in [6.45, 7) is 0. The lowest BCUT2D eigenvalue weighted by molar-refractivity contribution is 0.340. The van der Waals surface area contributed by atoms with Crippen LogP contribution in [0.15, 0.2) is 35.5 Å². The van der Waals surface area contributed by atoms with Crippen LogP contribution >= 0.6 is 0 Å². The van der Waals surface area contributed by atoms with E-state index in [1.807, 2.05) is 0 Å². The summed E-state index contributed by atoms with van der Waals surface area (Å²) in [7, 11) is 0. The summed E-state index contributed by atoms with van der Waals surface area (Å²) >= 11 is 0. The fraction of sp³-hybridized carbons (Fsp3) is 0.333. The first-order valence-corrected chi connectivity index (χ1v) is 3.54. The lowest BCUT2D eigenvalue weighted by Gasteiger charge is -2.48. The predicted octanol–water partition coefficient (Wildman–Crippen LogP) is 2.06. The molecule has 0 amide bonds. The highest BCUT2D eigenvalue weighted by Gasteiger charge is 2.43. The predicted molar refractivity (Wildman–Crippen MR) is 36.9 cm³/mol. The lowest BCUT2D eigenvalue weighted by Crippen LogP contribution is -2.37. The van der Waals surface area contributed by atoms with Crippen LogP contribution in [0.5, 0.6) is 0 Å². The zero-order valence-corrected chi connectivity index (χ0v) is 5.17. The minimum absolute atomic E-state index is 0.884. The zero-order chi connectivity index (χ0) is 5.84. The van der Waals surface area contributed by atoms with Gasteiger partial charge in [-0.15, -0.1) is 0 Å². The van der Waals surface area contributed by atoms with Crippen LogP contribution in [0.2, 0.25) is 0 Å². The van der Waals surface area contributed by atoms with E-state index in [1.54, 1.807) is 11.1 Å². The Labute approximate surface area is 54.6 Å². The van der Waals surface area contributed by atoms with E-state index < -0.39 is 0 Å². The number of rotatable bonds is 0. The molecule has 0 N–H and O–H groups in total. The molecular formula is C9H8. The van der Waals surface area contributed by atoms with Crippen molar-refractivity contribution in [3.05, 3.63) is 35.5 Å². The molecule has 0 heteroatoms. The van der Waals surface area contributed by atoms with Crippen molar-refractivity contribution in [2.45, 2.75) is 6.42 Å². The molecule has 3 aliphatic rings. The average molecular weight is 116 g/mol. The molecule has 0 spiro atoms. The number of hydrogen-bond acceptors (Lipinski definition) is 0. The largest absolute Gasteiger partial charge is 0.0763 e. The van der Waals surface area contributed by atoms with E-state index in [-0.39, 0.29) is 0 Å². The molecule has 1 saturated carbocycles. The van der Waals surface area contributed by atoms with Crippen molar-refractivity contribution in [2.24, 2.45) is 11.8 Å². The SMILES string of the molecule is C1=CC2=CC3CC(=C1)C23. The highest BCUT2D eigenvalue weighted by Crippen LogP contribution is 2.54. The molecule has 0 aliphatic heterocycles. The number of hydrogen-bond donors (Lipinski definition) is 0. The van der Waals surface area contributed by atoms with Gasteiger partial charge in [0.25, 0.3) is 0 Å². The minimum Gasteiger partial charge on any atom is -0.0763 e. The first-order chi connectivity index (χ1) is 4.45. The Morgan fingerprint density at radius 3 is 3.11 bits per heavy atom. The molecule has 0 saturated heterocycles. The van der Waals surface area contributed by atoms with Crippen molar-refractivity contribution in [3.63, 3.8) is 0 Å². The van der Waals surface area contributed by atoms with Gasteiger partial charge in [0.1, 0.15) is 0 Å². The maximum absolute atomic E-state index is 2.40. The van der Waals surface area contributed by atoms with Crippen molar-refractivity contribution in [1.82, 2.24) is 0 Å². The van der Waals surface area contributed by atoms with Crippen LogP contribution in [0.25, 0.3) is 0 Å². The first-order valence-electron chi connectivity index (χ1n) is 3.54. The molecule has 3 aliphatic carbocycles. The molecule has 0 nitrogen and oxygen atoms in total. The Morgan fingerprint density at radius 1 is 1.44 bits per heavy atom. The van der Waals surface area contributed by atoms with Crippen LogP contribution in [0.3, 0.4) is 0 Å². The molecule has 0 heterocycles.